The van der Waals surface area contributed by atoms with Gasteiger partial charge in [0.1, 0.15) is 42.4 Å². The average molecular weight is 1840 g/mol. The average Bonchev–Trinajstić information content (AvgIpc) is 1.64. The Balaban J connectivity index is 0.000000174. The number of aryl methyl sites for hydroxylation is 1. The molecule has 3 fully saturated rings. The number of carbonyl (C=O) groups excluding carboxylic acids is 6. The normalized spacial score (nSPS) is 17.8. The molecule has 6 aliphatic heterocycles. The van der Waals surface area contributed by atoms with Crippen molar-refractivity contribution in [2.75, 3.05) is 55.2 Å². The van der Waals surface area contributed by atoms with Crippen LogP contribution in [0.15, 0.2) is 170 Å². The Kier molecular flexibility index (Phi) is 28.1. The number of carbonyl (C=O) groups is 6. The predicted octanol–water partition coefficient (Wildman–Crippen LogP) is 12.0. The zero-order valence-electron chi connectivity index (χ0n) is 58.3. The minimum atomic E-state index is -4.04. The van der Waals surface area contributed by atoms with Gasteiger partial charge in [-0.25, -0.2) is 54.4 Å². The Morgan fingerprint density at radius 2 is 0.963 bits per heavy atom. The van der Waals surface area contributed by atoms with E-state index in [-0.39, 0.29) is 117 Å². The van der Waals surface area contributed by atoms with E-state index in [2.05, 4.69) is 72.3 Å². The monoisotopic (exact) mass is 1840 g/mol. The Morgan fingerprint density at radius 3 is 1.37 bits per heavy atom. The molecule has 3 amide bonds. The van der Waals surface area contributed by atoms with Gasteiger partial charge in [0.2, 0.25) is 0 Å². The molecule has 34 heteroatoms. The summed E-state index contributed by atoms with van der Waals surface area (Å²) in [5.41, 5.74) is 14.6. The van der Waals surface area contributed by atoms with Gasteiger partial charge in [0.25, 0.3) is 57.8 Å². The van der Waals surface area contributed by atoms with Gasteiger partial charge in [-0.2, -0.15) is 0 Å². The summed E-state index contributed by atoms with van der Waals surface area (Å²) in [6.07, 6.45) is 19.9. The molecule has 8 aromatic rings. The fourth-order valence-electron chi connectivity index (χ4n) is 12.1. The summed E-state index contributed by atoms with van der Waals surface area (Å²) in [6, 6.07) is 23.5. The van der Waals surface area contributed by atoms with Crippen molar-refractivity contribution in [3.63, 3.8) is 0 Å². The van der Waals surface area contributed by atoms with E-state index in [0.717, 1.165) is 74.4 Å². The summed E-state index contributed by atoms with van der Waals surface area (Å²) in [5.74, 6) is -2.53. The molecule has 7 N–H and O–H groups in total. The maximum Gasteiger partial charge on any atom is 0.355 e. The van der Waals surface area contributed by atoms with Crippen molar-refractivity contribution in [2.24, 2.45) is 5.73 Å². The van der Waals surface area contributed by atoms with Crippen molar-refractivity contribution < 1.29 is 102 Å². The molecule has 3 saturated heterocycles. The number of aromatic nitrogens is 4. The third-order valence-electron chi connectivity index (χ3n) is 17.5. The van der Waals surface area contributed by atoms with Gasteiger partial charge in [0.05, 0.1) is 48.2 Å². The number of esters is 1. The molecule has 10 heterocycles. The molecule has 0 saturated carbocycles. The molecule has 0 aliphatic carbocycles. The number of nitrogens with one attached hydrogen (secondary N) is 3. The van der Waals surface area contributed by atoms with Crippen LogP contribution in [-0.2, 0) is 80.1 Å². The SMILES string of the molecule is C=Cc1cc(C(=O)OC)n(S(=O)(=O)c2ccc(Br)cc2N)c1.C=Cc1cc2n(c1)S(=O)(=O)c1ccc(Br)cc1NC2=O.C=Cc1cc2n(c1)S(=O)(=O)c1ccc(C(=O)CCC3CCCO3)cc1NC2=O.Cc1cc2n(c1)S(=O)(=O)c1ccc(C(=O)CCC3CCCO3)cc1NC2=O.NCCC1CCCO1.[CH3-].[W]. The van der Waals surface area contributed by atoms with Crippen LogP contribution in [-0.4, -0.2) is 137 Å². The van der Waals surface area contributed by atoms with Gasteiger partial charge < -0.3 is 53.8 Å². The van der Waals surface area contributed by atoms with Crippen molar-refractivity contribution in [1.82, 2.24) is 15.9 Å². The van der Waals surface area contributed by atoms with Gasteiger partial charge in [-0.1, -0.05) is 69.8 Å². The number of methoxy groups -OCH3 is 1. The molecule has 6 aliphatic rings. The first-order chi connectivity index (χ1) is 49.9. The van der Waals surface area contributed by atoms with Crippen LogP contribution in [0.5, 0.6) is 0 Å². The number of rotatable bonds is 16. The molecule has 27 nitrogen and oxygen atoms in total. The molecule has 4 aromatic heterocycles. The summed E-state index contributed by atoms with van der Waals surface area (Å²) in [7, 11) is -14.6. The number of hydrogen-bond acceptors (Lipinski definition) is 20. The van der Waals surface area contributed by atoms with Gasteiger partial charge in [-0.3, -0.25) is 24.0 Å². The fraction of sp³-hybridized carbons (Fsp3) is 0.274. The second kappa shape index (κ2) is 35.7. The first kappa shape index (κ1) is 84.2. The van der Waals surface area contributed by atoms with Gasteiger partial charge in [0.15, 0.2) is 11.6 Å². The zero-order valence-corrected chi connectivity index (χ0v) is 67.7. The number of amides is 3. The van der Waals surface area contributed by atoms with E-state index in [1.54, 1.807) is 25.1 Å². The van der Waals surface area contributed by atoms with E-state index in [1.807, 2.05) is 0 Å². The van der Waals surface area contributed by atoms with Crippen LogP contribution in [0.2, 0.25) is 0 Å². The molecule has 3 atom stereocenters. The number of benzene rings is 4. The van der Waals surface area contributed by atoms with Crippen LogP contribution >= 0.6 is 31.9 Å². The van der Waals surface area contributed by atoms with E-state index in [1.165, 1.54) is 142 Å². The van der Waals surface area contributed by atoms with E-state index in [0.29, 0.717) is 74.1 Å². The van der Waals surface area contributed by atoms with E-state index < -0.39 is 63.8 Å². The summed E-state index contributed by atoms with van der Waals surface area (Å²) in [6.45, 7) is 15.7. The van der Waals surface area contributed by atoms with Crippen molar-refractivity contribution >= 4 is 148 Å². The topological polar surface area (TPSA) is 384 Å². The largest absolute Gasteiger partial charge is 0.464 e. The smallest absolute Gasteiger partial charge is 0.355 e. The predicted molar refractivity (Wildman–Crippen MR) is 408 cm³/mol. The van der Waals surface area contributed by atoms with Crippen LogP contribution in [0, 0.1) is 14.4 Å². The number of fused-ring (bicyclic) bond motifs is 6. The molecule has 0 radical (unpaired) electrons. The van der Waals surface area contributed by atoms with Crippen molar-refractivity contribution in [2.45, 2.75) is 115 Å². The first-order valence-corrected chi connectivity index (χ1v) is 40.3. The van der Waals surface area contributed by atoms with Crippen LogP contribution in [0.3, 0.4) is 0 Å². The number of hydrogen-bond donors (Lipinski definition) is 5. The van der Waals surface area contributed by atoms with Crippen molar-refractivity contribution in [3.05, 3.63) is 214 Å². The van der Waals surface area contributed by atoms with E-state index in [9.17, 15) is 62.4 Å². The maximum atomic E-state index is 13.0. The van der Waals surface area contributed by atoms with Gasteiger partial charge in [-0.15, -0.1) is 0 Å². The Morgan fingerprint density at radius 1 is 0.570 bits per heavy atom. The van der Waals surface area contributed by atoms with Gasteiger partial charge >= 0.3 is 5.97 Å². The van der Waals surface area contributed by atoms with Crippen molar-refractivity contribution in [3.8, 4) is 0 Å². The number of anilines is 4. The number of nitrogens with zero attached hydrogens (tertiary/aromatic N) is 4. The molecular formula is C73H78Br2N9O18S4W-. The molecule has 0 spiro atoms. The summed E-state index contributed by atoms with van der Waals surface area (Å²) < 4.78 is 129. The van der Waals surface area contributed by atoms with Gasteiger partial charge in [0, 0.05) is 98.6 Å². The minimum Gasteiger partial charge on any atom is -0.464 e. The second-order valence-corrected chi connectivity index (χ2v) is 33.7. The summed E-state index contributed by atoms with van der Waals surface area (Å²) >= 11 is 6.47. The van der Waals surface area contributed by atoms with Crippen LogP contribution in [0.1, 0.15) is 156 Å². The van der Waals surface area contributed by atoms with Crippen LogP contribution < -0.4 is 27.4 Å². The number of nitrogens with two attached hydrogens (primary N) is 2. The molecule has 0 bridgehead atoms. The maximum absolute atomic E-state index is 13.0. The number of Topliss-reactive ketones (excluding diaryl/α,β-unsaturated/α-hetero) is 2. The standard InChI is InChI=1S/C20H20N2O5S.C19H20N2O5S.C14H13BrN2O4S.C13H9BrN2O3S.C6H13NO.CH3.W/c1-2-13-10-17-20(24)21-16-11-14(18(23)7-6-15-4-3-9-27-15)5-8-19(16)28(25,26)22(17)12-13;1-12-9-16-19(23)20-15-10-13(17(22)6-5-14-3-2-8-26-14)4-7-18(15)27(24,25)21(16)11-12;1-3-9-6-12(14(18)21-2)17(8-9)22(19,20)13-5-4-10(15)7-11(13)16;1-2-8-5-11-13(17)15-10-6-9(14)3-4-12(10)20(18,19)16(11)7-8;7-4-3-6-2-1-5-8-6;;/h2,5,8,10-12,15H,1,3-4,6-7,9H2,(H,21,24);4,7,9-11,14H,2-3,5-6,8H2,1H3,(H,20,23);3-8H,1,16H2,2H3;2-7H,1H2,(H,15,17);6H,1-5,7H2;1H3;/q;;;;;-1;. The number of ketones is 2. The summed E-state index contributed by atoms with van der Waals surface area (Å²) in [5, 5.41) is 7.85. The number of nitrogen functional groups attached to an aromatic ring is 1. The molecule has 14 rings (SSSR count). The number of ether oxygens (including phenoxy) is 4. The fourth-order valence-corrected chi connectivity index (χ4v) is 18.9. The van der Waals surface area contributed by atoms with Gasteiger partial charge in [-0.05, 0) is 191 Å². The number of halogens is 2. The minimum absolute atomic E-state index is 0. The molecule has 107 heavy (non-hydrogen) atoms. The molecule has 4 aromatic carbocycles. The van der Waals surface area contributed by atoms with Crippen LogP contribution in [0.25, 0.3) is 18.2 Å². The molecule has 3 unspecified atom stereocenters. The Hall–Kier alpha value is -8.47. The third kappa shape index (κ3) is 18.8. The van der Waals surface area contributed by atoms with E-state index in [4.69, 9.17) is 25.7 Å². The molecule has 568 valence electrons. The Bertz CT molecular complexity index is 5260. The third-order valence-corrected chi connectivity index (χ3v) is 25.4. The first-order valence-electron chi connectivity index (χ1n) is 33.0. The molecular weight excluding hydrogens is 1760 g/mol. The zero-order chi connectivity index (χ0) is 75.9. The van der Waals surface area contributed by atoms with Crippen LogP contribution in [0.4, 0.5) is 22.7 Å². The van der Waals surface area contributed by atoms with Crippen molar-refractivity contribution in [1.29, 1.82) is 0 Å². The van der Waals surface area contributed by atoms with E-state index >= 15 is 0 Å². The second-order valence-electron chi connectivity index (χ2n) is 24.7. The quantitative estimate of drug-likeness (QED) is 0.0260. The summed E-state index contributed by atoms with van der Waals surface area (Å²) in [4.78, 5) is 73.8. The Labute approximate surface area is 651 Å².